The van der Waals surface area contributed by atoms with Gasteiger partial charge in [-0.1, -0.05) is 26.3 Å². The Morgan fingerprint density at radius 1 is 1.23 bits per heavy atom. The van der Waals surface area contributed by atoms with Crippen molar-refractivity contribution in [3.63, 3.8) is 0 Å². The molecule has 2 aromatic heterocycles. The molecular weight excluding hydrogens is 484 g/mol. The Balaban J connectivity index is 1.43. The van der Waals surface area contributed by atoms with Gasteiger partial charge in [0.15, 0.2) is 0 Å². The van der Waals surface area contributed by atoms with Crippen LogP contribution in [0.25, 0.3) is 0 Å². The van der Waals surface area contributed by atoms with Crippen LogP contribution in [0, 0.1) is 30.1 Å². The van der Waals surface area contributed by atoms with E-state index in [1.807, 2.05) is 0 Å². The topological polar surface area (TPSA) is 105 Å². The number of hydrogen-bond donors (Lipinski definition) is 2. The number of nitrogens with zero attached hydrogens (tertiary/aromatic N) is 1. The number of carbonyl (C=O) groups is 2. The highest BCUT2D eigenvalue weighted by Crippen LogP contribution is 2.61. The number of carboxylic acids is 1. The molecule has 0 radical (unpaired) electrons. The van der Waals surface area contributed by atoms with Crippen molar-refractivity contribution < 1.29 is 23.1 Å². The minimum absolute atomic E-state index is 0.0610. The van der Waals surface area contributed by atoms with E-state index in [9.17, 15) is 18.0 Å². The van der Waals surface area contributed by atoms with Crippen molar-refractivity contribution in [2.24, 2.45) is 23.2 Å². The average Bonchev–Trinajstić information content (AvgIpc) is 3.46. The summed E-state index contributed by atoms with van der Waals surface area (Å²) < 4.78 is 27.3. The molecule has 3 saturated carbocycles. The van der Waals surface area contributed by atoms with Gasteiger partial charge in [-0.2, -0.15) is 8.42 Å². The monoisotopic (exact) mass is 518 g/mol. The molecule has 0 spiro atoms. The van der Waals surface area contributed by atoms with Crippen LogP contribution >= 0.6 is 11.3 Å². The van der Waals surface area contributed by atoms with Crippen molar-refractivity contribution in [2.45, 2.75) is 69.5 Å². The molecule has 3 aliphatic rings. The number of allylic oxidation sites excluding steroid dienone is 1. The second kappa shape index (κ2) is 9.93. The standard InChI is InChI=1S/C26H34N2O5S2/c1-17-9-8-14-28(17)35(32,33)23-13-12-21(34-23)25(31)27-24-18(10-6-4-5-7-11-22(29)30)15-19-16-20(24)26(19,2)3/h7-9,11-14,18-20,24H,4-6,10,15-16H2,1-3H3,(H,27,31)(H,29,30)/b11-7+/t18-,19+,20+,24+/m0/s1. The lowest BCUT2D eigenvalue weighted by molar-refractivity contribution is -0.131. The molecule has 2 heterocycles. The van der Waals surface area contributed by atoms with Crippen molar-refractivity contribution in [2.75, 3.05) is 0 Å². The molecule has 190 valence electrons. The first-order valence-electron chi connectivity index (χ1n) is 12.2. The normalized spacial score (nSPS) is 25.3. The molecule has 2 aromatic rings. The number of hydrogen-bond acceptors (Lipinski definition) is 5. The number of fused-ring (bicyclic) bond motifs is 2. The van der Waals surface area contributed by atoms with E-state index >= 15 is 0 Å². The van der Waals surface area contributed by atoms with Gasteiger partial charge in [-0.15, -0.1) is 11.3 Å². The van der Waals surface area contributed by atoms with Gasteiger partial charge in [-0.3, -0.25) is 4.79 Å². The zero-order valence-corrected chi connectivity index (χ0v) is 22.1. The molecule has 4 atom stereocenters. The fraction of sp³-hybridized carbons (Fsp3) is 0.538. The first kappa shape index (κ1) is 25.7. The molecule has 0 saturated heterocycles. The highest BCUT2D eigenvalue weighted by Gasteiger charge is 2.57. The van der Waals surface area contributed by atoms with Crippen LogP contribution in [0.2, 0.25) is 0 Å². The summed E-state index contributed by atoms with van der Waals surface area (Å²) in [7, 11) is -3.72. The van der Waals surface area contributed by atoms with Gasteiger partial charge in [0.2, 0.25) is 0 Å². The first-order valence-corrected chi connectivity index (χ1v) is 14.5. The number of rotatable bonds is 10. The van der Waals surface area contributed by atoms with E-state index in [4.69, 9.17) is 5.11 Å². The third-order valence-corrected chi connectivity index (χ3v) is 11.4. The van der Waals surface area contributed by atoms with Crippen molar-refractivity contribution in [1.29, 1.82) is 0 Å². The number of unbranched alkanes of at least 4 members (excludes halogenated alkanes) is 2. The smallest absolute Gasteiger partial charge is 0.327 e. The molecular formula is C26H34N2O5S2. The lowest BCUT2D eigenvalue weighted by Crippen LogP contribution is -2.63. The van der Waals surface area contributed by atoms with Gasteiger partial charge in [-0.25, -0.2) is 8.77 Å². The molecule has 2 N–H and O–H groups in total. The summed E-state index contributed by atoms with van der Waals surface area (Å²) in [6.45, 7) is 6.30. The minimum atomic E-state index is -3.72. The fourth-order valence-corrected chi connectivity index (χ4v) is 8.57. The highest BCUT2D eigenvalue weighted by molar-refractivity contribution is 7.92. The molecule has 3 fully saturated rings. The Bertz CT molecular complexity index is 1220. The van der Waals surface area contributed by atoms with E-state index in [0.29, 0.717) is 28.3 Å². The van der Waals surface area contributed by atoms with Crippen LogP contribution in [0.4, 0.5) is 0 Å². The number of carboxylic acid groups (broad SMARTS) is 1. The summed E-state index contributed by atoms with van der Waals surface area (Å²) >= 11 is 1.01. The van der Waals surface area contributed by atoms with Crippen LogP contribution in [0.15, 0.2) is 46.8 Å². The van der Waals surface area contributed by atoms with E-state index in [-0.39, 0.29) is 21.6 Å². The van der Waals surface area contributed by atoms with Gasteiger partial charge >= 0.3 is 5.97 Å². The largest absolute Gasteiger partial charge is 0.478 e. The van der Waals surface area contributed by atoms with E-state index in [1.165, 1.54) is 22.3 Å². The molecule has 5 rings (SSSR count). The number of thiophene rings is 1. The summed E-state index contributed by atoms with van der Waals surface area (Å²) in [6, 6.07) is 6.60. The Kier molecular flexibility index (Phi) is 7.29. The van der Waals surface area contributed by atoms with Crippen LogP contribution in [-0.4, -0.2) is 35.4 Å². The maximum absolute atomic E-state index is 13.2. The molecule has 0 unspecified atom stereocenters. The third kappa shape index (κ3) is 5.11. The zero-order valence-electron chi connectivity index (χ0n) is 20.4. The second-order valence-corrected chi connectivity index (χ2v) is 13.6. The molecule has 0 aromatic carbocycles. The minimum Gasteiger partial charge on any atom is -0.478 e. The Labute approximate surface area is 211 Å². The zero-order chi connectivity index (χ0) is 25.4. The number of carbonyl (C=O) groups excluding carboxylic acids is 1. The third-order valence-electron chi connectivity index (χ3n) is 8.05. The molecule has 9 heteroatoms. The van der Waals surface area contributed by atoms with Crippen molar-refractivity contribution in [3.8, 4) is 0 Å². The molecule has 2 bridgehead atoms. The first-order chi connectivity index (χ1) is 16.5. The predicted molar refractivity (Wildman–Crippen MR) is 136 cm³/mol. The highest BCUT2D eigenvalue weighted by atomic mass is 32.2. The van der Waals surface area contributed by atoms with Gasteiger partial charge < -0.3 is 10.4 Å². The fourth-order valence-electron chi connectivity index (χ4n) is 5.90. The van der Waals surface area contributed by atoms with E-state index in [1.54, 1.807) is 31.2 Å². The summed E-state index contributed by atoms with van der Waals surface area (Å²) in [5.74, 6) is 0.329. The van der Waals surface area contributed by atoms with E-state index in [0.717, 1.165) is 49.9 Å². The number of amides is 1. The number of aromatic nitrogens is 1. The summed E-state index contributed by atoms with van der Waals surface area (Å²) in [6.07, 6.45) is 10.2. The number of aliphatic carboxylic acids is 1. The van der Waals surface area contributed by atoms with Crippen LogP contribution < -0.4 is 5.32 Å². The molecule has 35 heavy (non-hydrogen) atoms. The van der Waals surface area contributed by atoms with Gasteiger partial charge in [-0.05, 0) is 86.5 Å². The van der Waals surface area contributed by atoms with Crippen LogP contribution in [0.3, 0.4) is 0 Å². The number of aryl methyl sites for hydroxylation is 1. The van der Waals surface area contributed by atoms with Gasteiger partial charge in [0, 0.05) is 24.0 Å². The lowest BCUT2D eigenvalue weighted by atomic mass is 9.44. The van der Waals surface area contributed by atoms with Crippen LogP contribution in [0.1, 0.15) is 67.7 Å². The molecule has 0 aliphatic heterocycles. The van der Waals surface area contributed by atoms with Crippen LogP contribution in [0.5, 0.6) is 0 Å². The average molecular weight is 519 g/mol. The maximum Gasteiger partial charge on any atom is 0.327 e. The maximum atomic E-state index is 13.2. The quantitative estimate of drug-likeness (QED) is 0.337. The summed E-state index contributed by atoms with van der Waals surface area (Å²) in [5, 5.41) is 12.0. The Morgan fingerprint density at radius 3 is 2.66 bits per heavy atom. The lowest BCUT2D eigenvalue weighted by Gasteiger charge is -2.62. The Morgan fingerprint density at radius 2 is 2.00 bits per heavy atom. The summed E-state index contributed by atoms with van der Waals surface area (Å²) in [5.41, 5.74) is 0.809. The summed E-state index contributed by atoms with van der Waals surface area (Å²) in [4.78, 5) is 24.3. The molecule has 3 aliphatic carbocycles. The van der Waals surface area contributed by atoms with Crippen LogP contribution in [-0.2, 0) is 14.8 Å². The van der Waals surface area contributed by atoms with E-state index in [2.05, 4.69) is 19.2 Å². The Hall–Kier alpha value is -2.39. The number of nitrogens with one attached hydrogen (secondary N) is 1. The van der Waals surface area contributed by atoms with Gasteiger partial charge in [0.25, 0.3) is 15.9 Å². The van der Waals surface area contributed by atoms with Gasteiger partial charge in [0.05, 0.1) is 4.88 Å². The molecule has 1 amide bonds. The van der Waals surface area contributed by atoms with Crippen molar-refractivity contribution in [1.82, 2.24) is 9.29 Å². The second-order valence-electron chi connectivity index (χ2n) is 10.4. The predicted octanol–water partition coefficient (Wildman–Crippen LogP) is 5.08. The van der Waals surface area contributed by atoms with Crippen molar-refractivity contribution >= 4 is 33.2 Å². The van der Waals surface area contributed by atoms with Gasteiger partial charge in [0.1, 0.15) is 4.21 Å². The van der Waals surface area contributed by atoms with E-state index < -0.39 is 16.0 Å². The van der Waals surface area contributed by atoms with Crippen molar-refractivity contribution in [3.05, 3.63) is 53.2 Å². The molecule has 7 nitrogen and oxygen atoms in total. The SMILES string of the molecule is Cc1cccn1S(=O)(=O)c1ccc(C(=O)N[C@@H]2[C@@H](CCCC/C=C/C(=O)O)C[C@@H]3C[C@H]2C3(C)C)s1.